The van der Waals surface area contributed by atoms with Gasteiger partial charge in [0.1, 0.15) is 0 Å². The Balaban J connectivity index is 2.28. The van der Waals surface area contributed by atoms with Crippen molar-refractivity contribution in [2.45, 2.75) is 45.3 Å². The van der Waals surface area contributed by atoms with Gasteiger partial charge >= 0.3 is 0 Å². The van der Waals surface area contributed by atoms with Gasteiger partial charge in [-0.25, -0.2) is 0 Å². The molecule has 2 aliphatic rings. The third-order valence-corrected chi connectivity index (χ3v) is 3.04. The number of fused-ring (bicyclic) bond motifs is 1. The zero-order valence-electron chi connectivity index (χ0n) is 7.31. The average molecular weight is 154 g/mol. The molecule has 2 heteroatoms. The summed E-state index contributed by atoms with van der Waals surface area (Å²) < 4.78 is 5.36. The van der Waals surface area contributed by atoms with E-state index in [-0.39, 0.29) is 11.5 Å². The maximum atomic E-state index is 11.7. The van der Waals surface area contributed by atoms with Crippen LogP contribution in [0.5, 0.6) is 0 Å². The summed E-state index contributed by atoms with van der Waals surface area (Å²) >= 11 is 0. The molecule has 2 rings (SSSR count). The van der Waals surface area contributed by atoms with E-state index in [0.29, 0.717) is 5.78 Å². The summed E-state index contributed by atoms with van der Waals surface area (Å²) in [6.07, 6.45) is 2.27. The number of epoxide rings is 1. The van der Waals surface area contributed by atoms with E-state index in [4.69, 9.17) is 4.74 Å². The predicted octanol–water partition coefficient (Wildman–Crippen LogP) is 1.53. The fourth-order valence-electron chi connectivity index (χ4n) is 2.07. The van der Waals surface area contributed by atoms with Crippen LogP contribution in [0.15, 0.2) is 0 Å². The van der Waals surface area contributed by atoms with Gasteiger partial charge in [-0.15, -0.1) is 0 Å². The van der Waals surface area contributed by atoms with Crippen LogP contribution >= 0.6 is 0 Å². The lowest BCUT2D eigenvalue weighted by atomic mass is 9.71. The van der Waals surface area contributed by atoms with Crippen LogP contribution in [0.25, 0.3) is 0 Å². The number of carbonyl (C=O) groups is 1. The number of hydrogen-bond acceptors (Lipinski definition) is 2. The first kappa shape index (κ1) is 7.29. The lowest BCUT2D eigenvalue weighted by molar-refractivity contribution is -0.133. The van der Waals surface area contributed by atoms with Gasteiger partial charge in [-0.3, -0.25) is 4.79 Å². The largest absolute Gasteiger partial charge is 0.358 e. The molecule has 0 aromatic heterocycles. The van der Waals surface area contributed by atoms with E-state index in [1.165, 1.54) is 0 Å². The highest BCUT2D eigenvalue weighted by atomic mass is 16.6. The minimum Gasteiger partial charge on any atom is -0.358 e. The number of hydrogen-bond donors (Lipinski definition) is 0. The van der Waals surface area contributed by atoms with E-state index in [1.54, 1.807) is 0 Å². The van der Waals surface area contributed by atoms with Gasteiger partial charge in [-0.1, -0.05) is 13.8 Å². The summed E-state index contributed by atoms with van der Waals surface area (Å²) in [7, 11) is 0. The standard InChI is InChI=1S/C9H14O2/c1-8(2)5-4-6-9(3,11-6)7(8)10/h6H,4-5H2,1-3H3. The van der Waals surface area contributed by atoms with Crippen LogP contribution in [-0.2, 0) is 9.53 Å². The van der Waals surface area contributed by atoms with Crippen LogP contribution in [0.2, 0.25) is 0 Å². The maximum absolute atomic E-state index is 11.7. The lowest BCUT2D eigenvalue weighted by Gasteiger charge is -2.28. The first-order chi connectivity index (χ1) is 4.97. The number of ether oxygens (including phenoxy) is 1. The van der Waals surface area contributed by atoms with Gasteiger partial charge < -0.3 is 4.74 Å². The molecule has 0 radical (unpaired) electrons. The quantitative estimate of drug-likeness (QED) is 0.495. The van der Waals surface area contributed by atoms with Crippen molar-refractivity contribution in [2.24, 2.45) is 5.41 Å². The van der Waals surface area contributed by atoms with Crippen molar-refractivity contribution in [1.29, 1.82) is 0 Å². The molecular weight excluding hydrogens is 140 g/mol. The molecular formula is C9H14O2. The van der Waals surface area contributed by atoms with Crippen molar-refractivity contribution in [3.8, 4) is 0 Å². The second kappa shape index (κ2) is 1.69. The first-order valence-corrected chi connectivity index (χ1v) is 4.19. The summed E-state index contributed by atoms with van der Waals surface area (Å²) in [5, 5.41) is 0. The highest BCUT2D eigenvalue weighted by molar-refractivity contribution is 5.95. The highest BCUT2D eigenvalue weighted by Crippen LogP contribution is 2.51. The third kappa shape index (κ3) is 0.791. The number of Topliss-reactive ketones (excluding diaryl/α,β-unsaturated/α-hetero) is 1. The first-order valence-electron chi connectivity index (χ1n) is 4.19. The Bertz CT molecular complexity index is 213. The molecule has 1 heterocycles. The summed E-state index contributed by atoms with van der Waals surface area (Å²) in [6, 6.07) is 0. The van der Waals surface area contributed by atoms with Crippen molar-refractivity contribution < 1.29 is 9.53 Å². The Hall–Kier alpha value is -0.370. The number of carbonyl (C=O) groups excluding carboxylic acids is 1. The summed E-state index contributed by atoms with van der Waals surface area (Å²) in [4.78, 5) is 11.7. The van der Waals surface area contributed by atoms with Crippen LogP contribution in [0.3, 0.4) is 0 Å². The third-order valence-electron chi connectivity index (χ3n) is 3.04. The van der Waals surface area contributed by atoms with E-state index in [1.807, 2.05) is 20.8 Å². The zero-order valence-corrected chi connectivity index (χ0v) is 7.31. The Kier molecular flexibility index (Phi) is 1.12. The van der Waals surface area contributed by atoms with E-state index < -0.39 is 5.60 Å². The molecule has 11 heavy (non-hydrogen) atoms. The van der Waals surface area contributed by atoms with Crippen molar-refractivity contribution in [3.63, 3.8) is 0 Å². The van der Waals surface area contributed by atoms with Gasteiger partial charge in [0.25, 0.3) is 0 Å². The van der Waals surface area contributed by atoms with Crippen molar-refractivity contribution in [1.82, 2.24) is 0 Å². The molecule has 2 fully saturated rings. The number of rotatable bonds is 0. The van der Waals surface area contributed by atoms with Gasteiger partial charge in [-0.05, 0) is 19.8 Å². The molecule has 0 N–H and O–H groups in total. The molecule has 1 aliphatic carbocycles. The molecule has 0 bridgehead atoms. The SMILES string of the molecule is CC1(C)CCC2OC2(C)C1=O. The Morgan fingerprint density at radius 3 is 2.64 bits per heavy atom. The lowest BCUT2D eigenvalue weighted by Crippen LogP contribution is -2.40. The van der Waals surface area contributed by atoms with Gasteiger partial charge in [-0.2, -0.15) is 0 Å². The van der Waals surface area contributed by atoms with E-state index in [2.05, 4.69) is 0 Å². The Labute approximate surface area is 66.9 Å². The molecule has 0 aromatic rings. The van der Waals surface area contributed by atoms with Crippen LogP contribution in [-0.4, -0.2) is 17.5 Å². The van der Waals surface area contributed by atoms with Crippen LogP contribution < -0.4 is 0 Å². The van der Waals surface area contributed by atoms with E-state index >= 15 is 0 Å². The minimum atomic E-state index is -0.401. The minimum absolute atomic E-state index is 0.151. The highest BCUT2D eigenvalue weighted by Gasteiger charge is 2.64. The van der Waals surface area contributed by atoms with E-state index in [9.17, 15) is 4.79 Å². The molecule has 1 aliphatic heterocycles. The Morgan fingerprint density at radius 2 is 2.09 bits per heavy atom. The van der Waals surface area contributed by atoms with Crippen molar-refractivity contribution in [3.05, 3.63) is 0 Å². The van der Waals surface area contributed by atoms with Crippen molar-refractivity contribution in [2.75, 3.05) is 0 Å². The molecule has 0 aromatic carbocycles. The average Bonchev–Trinajstić information content (AvgIpc) is 2.57. The molecule has 62 valence electrons. The van der Waals surface area contributed by atoms with Gasteiger partial charge in [0, 0.05) is 5.41 Å². The summed E-state index contributed by atoms with van der Waals surface area (Å²) in [6.45, 7) is 5.94. The van der Waals surface area contributed by atoms with Crippen LogP contribution in [0.4, 0.5) is 0 Å². The summed E-state index contributed by atoms with van der Waals surface area (Å²) in [5.74, 6) is 0.293. The van der Waals surface area contributed by atoms with Crippen molar-refractivity contribution >= 4 is 5.78 Å². The molecule has 1 saturated carbocycles. The molecule has 2 atom stereocenters. The van der Waals surface area contributed by atoms with Crippen LogP contribution in [0.1, 0.15) is 33.6 Å². The monoisotopic (exact) mass is 154 g/mol. The Morgan fingerprint density at radius 1 is 1.45 bits per heavy atom. The van der Waals surface area contributed by atoms with Gasteiger partial charge in [0.15, 0.2) is 11.4 Å². The second-order valence-corrected chi connectivity index (χ2v) is 4.47. The normalized spacial score (nSPS) is 46.8. The molecule has 2 nitrogen and oxygen atoms in total. The van der Waals surface area contributed by atoms with Gasteiger partial charge in [0.2, 0.25) is 0 Å². The van der Waals surface area contributed by atoms with Crippen LogP contribution in [0, 0.1) is 5.41 Å². The summed E-state index contributed by atoms with van der Waals surface area (Å²) in [5.41, 5.74) is -0.552. The fraction of sp³-hybridized carbons (Fsp3) is 0.889. The number of ketones is 1. The zero-order chi connectivity index (χ0) is 8.28. The van der Waals surface area contributed by atoms with E-state index in [0.717, 1.165) is 12.8 Å². The molecule has 0 amide bonds. The fourth-order valence-corrected chi connectivity index (χ4v) is 2.07. The smallest absolute Gasteiger partial charge is 0.172 e. The topological polar surface area (TPSA) is 29.6 Å². The van der Waals surface area contributed by atoms with Gasteiger partial charge in [0.05, 0.1) is 6.10 Å². The predicted molar refractivity (Wildman–Crippen MR) is 41.3 cm³/mol. The molecule has 1 saturated heterocycles. The maximum Gasteiger partial charge on any atom is 0.172 e. The molecule has 2 unspecified atom stereocenters. The second-order valence-electron chi connectivity index (χ2n) is 4.47. The molecule has 0 spiro atoms.